The predicted molar refractivity (Wildman–Crippen MR) is 56.2 cm³/mol. The minimum Gasteiger partial charge on any atom is -0.450 e. The van der Waals surface area contributed by atoms with Gasteiger partial charge in [-0.1, -0.05) is 0 Å². The highest BCUT2D eigenvalue weighted by atomic mass is 16.5. The van der Waals surface area contributed by atoms with E-state index in [1.54, 1.807) is 6.92 Å². The number of ketones is 2. The summed E-state index contributed by atoms with van der Waals surface area (Å²) in [7, 11) is 0. The molecule has 1 aliphatic heterocycles. The lowest BCUT2D eigenvalue weighted by atomic mass is 10.1. The van der Waals surface area contributed by atoms with Crippen molar-refractivity contribution in [1.82, 2.24) is 15.8 Å². The molecular formula is C10H11N3O4. The fraction of sp³-hybridized carbons (Fsp3) is 0.300. The number of rotatable bonds is 3. The number of alkyl carbamates (subject to hydrolysis) is 1. The number of nitrogens with one attached hydrogen (secondary N) is 2. The van der Waals surface area contributed by atoms with E-state index in [9.17, 15) is 14.4 Å². The summed E-state index contributed by atoms with van der Waals surface area (Å²) >= 11 is 0. The van der Waals surface area contributed by atoms with E-state index in [4.69, 9.17) is 0 Å². The smallest absolute Gasteiger partial charge is 0.411 e. The van der Waals surface area contributed by atoms with E-state index in [0.29, 0.717) is 6.67 Å². The first-order valence-electron chi connectivity index (χ1n) is 5.09. The summed E-state index contributed by atoms with van der Waals surface area (Å²) in [5.41, 5.74) is 2.86. The Labute approximate surface area is 97.1 Å². The van der Waals surface area contributed by atoms with Crippen molar-refractivity contribution in [3.8, 4) is 0 Å². The van der Waals surface area contributed by atoms with Gasteiger partial charge in [0.05, 0.1) is 6.61 Å². The van der Waals surface area contributed by atoms with E-state index in [1.165, 1.54) is 11.1 Å². The van der Waals surface area contributed by atoms with Gasteiger partial charge in [0.1, 0.15) is 18.1 Å². The van der Waals surface area contributed by atoms with Gasteiger partial charge in [0.25, 0.3) is 0 Å². The van der Waals surface area contributed by atoms with Gasteiger partial charge in [-0.2, -0.15) is 0 Å². The number of hydrogen-bond acceptors (Lipinski definition) is 6. The third-order valence-electron chi connectivity index (χ3n) is 2.19. The van der Waals surface area contributed by atoms with Crippen LogP contribution in [-0.2, 0) is 14.3 Å². The van der Waals surface area contributed by atoms with E-state index in [-0.39, 0.29) is 23.8 Å². The van der Waals surface area contributed by atoms with Crippen molar-refractivity contribution in [3.63, 3.8) is 0 Å². The number of amides is 1. The maximum atomic E-state index is 11.6. The molecule has 2 aliphatic rings. The van der Waals surface area contributed by atoms with Crippen molar-refractivity contribution in [2.75, 3.05) is 13.3 Å². The van der Waals surface area contributed by atoms with Gasteiger partial charge in [-0.25, -0.2) is 10.2 Å². The lowest BCUT2D eigenvalue weighted by Crippen LogP contribution is -2.34. The minimum absolute atomic E-state index is 0.0547. The minimum atomic E-state index is -0.752. The third-order valence-corrected chi connectivity index (χ3v) is 2.19. The molecule has 0 unspecified atom stereocenters. The second-order valence-electron chi connectivity index (χ2n) is 3.38. The van der Waals surface area contributed by atoms with Gasteiger partial charge in [0.2, 0.25) is 11.6 Å². The summed E-state index contributed by atoms with van der Waals surface area (Å²) in [6.07, 6.45) is 1.54. The Morgan fingerprint density at radius 2 is 2.12 bits per heavy atom. The summed E-state index contributed by atoms with van der Waals surface area (Å²) in [6, 6.07) is 0. The average Bonchev–Trinajstić information content (AvgIpc) is 3.08. The molecule has 1 saturated heterocycles. The lowest BCUT2D eigenvalue weighted by Gasteiger charge is -2.15. The summed E-state index contributed by atoms with van der Waals surface area (Å²) in [4.78, 5) is 34.5. The SMILES string of the molecule is CCOC(=O)NC1=C(N2CN2)C(=O)C=CC1=O. The van der Waals surface area contributed by atoms with Crippen molar-refractivity contribution in [2.24, 2.45) is 0 Å². The van der Waals surface area contributed by atoms with Crippen molar-refractivity contribution in [3.05, 3.63) is 23.5 Å². The van der Waals surface area contributed by atoms with Crippen molar-refractivity contribution in [1.29, 1.82) is 0 Å². The van der Waals surface area contributed by atoms with Crippen LogP contribution in [0, 0.1) is 0 Å². The summed E-state index contributed by atoms with van der Waals surface area (Å²) in [5, 5.41) is 3.76. The molecule has 1 heterocycles. The van der Waals surface area contributed by atoms with Crippen LogP contribution in [0.15, 0.2) is 23.5 Å². The molecule has 7 heteroatoms. The van der Waals surface area contributed by atoms with Crippen LogP contribution < -0.4 is 10.7 Å². The van der Waals surface area contributed by atoms with E-state index in [2.05, 4.69) is 15.5 Å². The van der Waals surface area contributed by atoms with E-state index in [0.717, 1.165) is 6.08 Å². The molecule has 0 aromatic heterocycles. The molecule has 1 amide bonds. The van der Waals surface area contributed by atoms with Crippen molar-refractivity contribution < 1.29 is 19.1 Å². The molecule has 0 spiro atoms. The molecule has 1 fully saturated rings. The normalized spacial score (nSPS) is 18.5. The number of allylic oxidation sites excluding steroid dienone is 2. The number of carbonyl (C=O) groups is 3. The van der Waals surface area contributed by atoms with Gasteiger partial charge in [0.15, 0.2) is 0 Å². The molecule has 2 N–H and O–H groups in total. The Balaban J connectivity index is 2.24. The summed E-state index contributed by atoms with van der Waals surface area (Å²) < 4.78 is 4.67. The number of carbonyl (C=O) groups excluding carboxylic acids is 3. The molecule has 17 heavy (non-hydrogen) atoms. The zero-order chi connectivity index (χ0) is 12.4. The maximum absolute atomic E-state index is 11.6. The molecule has 0 bridgehead atoms. The zero-order valence-corrected chi connectivity index (χ0v) is 9.15. The zero-order valence-electron chi connectivity index (χ0n) is 9.15. The molecule has 0 aromatic carbocycles. The van der Waals surface area contributed by atoms with Gasteiger partial charge in [-0.3, -0.25) is 19.9 Å². The van der Waals surface area contributed by atoms with Crippen molar-refractivity contribution >= 4 is 17.7 Å². The summed E-state index contributed by atoms with van der Waals surface area (Å²) in [6.45, 7) is 2.30. The quantitative estimate of drug-likeness (QED) is 0.504. The van der Waals surface area contributed by atoms with E-state index < -0.39 is 11.9 Å². The number of hydrogen-bond donors (Lipinski definition) is 2. The second-order valence-corrected chi connectivity index (χ2v) is 3.38. The Morgan fingerprint density at radius 1 is 1.47 bits per heavy atom. The van der Waals surface area contributed by atoms with Crippen LogP contribution in [0.2, 0.25) is 0 Å². The second kappa shape index (κ2) is 4.38. The number of nitrogens with zero attached hydrogens (tertiary/aromatic N) is 1. The Hall–Kier alpha value is -2.15. The van der Waals surface area contributed by atoms with Gasteiger partial charge in [-0.15, -0.1) is 0 Å². The fourth-order valence-corrected chi connectivity index (χ4v) is 1.41. The molecule has 0 saturated carbocycles. The fourth-order valence-electron chi connectivity index (χ4n) is 1.41. The lowest BCUT2D eigenvalue weighted by molar-refractivity contribution is -0.116. The first-order chi connectivity index (χ1) is 8.13. The highest BCUT2D eigenvalue weighted by molar-refractivity contribution is 6.20. The van der Waals surface area contributed by atoms with Crippen molar-refractivity contribution in [2.45, 2.75) is 6.92 Å². The topological polar surface area (TPSA) is 97.4 Å². The molecule has 1 aliphatic carbocycles. The van der Waals surface area contributed by atoms with Gasteiger partial charge in [-0.05, 0) is 19.1 Å². The monoisotopic (exact) mass is 237 g/mol. The van der Waals surface area contributed by atoms with Gasteiger partial charge in [0, 0.05) is 0 Å². The van der Waals surface area contributed by atoms with Crippen LogP contribution in [-0.4, -0.2) is 35.9 Å². The Kier molecular flexibility index (Phi) is 2.92. The highest BCUT2D eigenvalue weighted by Crippen LogP contribution is 2.19. The van der Waals surface area contributed by atoms with Crippen LogP contribution in [0.5, 0.6) is 0 Å². The number of ether oxygens (including phenoxy) is 1. The standard InChI is InChI=1S/C10H11N3O4/c1-2-17-10(16)12-8-6(14)3-4-7(15)9(8)13-5-11-13/h3-4,11H,2,5H2,1H3,(H,12,16). The predicted octanol–water partition coefficient (Wildman–Crippen LogP) is -0.570. The summed E-state index contributed by atoms with van der Waals surface area (Å²) in [5.74, 6) is -0.761. The molecule has 90 valence electrons. The molecular weight excluding hydrogens is 226 g/mol. The van der Waals surface area contributed by atoms with Crippen LogP contribution in [0.3, 0.4) is 0 Å². The number of hydrazine groups is 1. The van der Waals surface area contributed by atoms with Gasteiger partial charge < -0.3 is 4.74 Å². The highest BCUT2D eigenvalue weighted by Gasteiger charge is 2.33. The van der Waals surface area contributed by atoms with Gasteiger partial charge >= 0.3 is 6.09 Å². The first kappa shape index (κ1) is 11.3. The van der Waals surface area contributed by atoms with Crippen LogP contribution in [0.25, 0.3) is 0 Å². The van der Waals surface area contributed by atoms with E-state index in [1.807, 2.05) is 0 Å². The van der Waals surface area contributed by atoms with E-state index >= 15 is 0 Å². The molecule has 0 radical (unpaired) electrons. The molecule has 0 aromatic rings. The maximum Gasteiger partial charge on any atom is 0.411 e. The molecule has 0 atom stereocenters. The average molecular weight is 237 g/mol. The largest absolute Gasteiger partial charge is 0.450 e. The van der Waals surface area contributed by atoms with Crippen LogP contribution >= 0.6 is 0 Å². The van der Waals surface area contributed by atoms with Crippen LogP contribution in [0.4, 0.5) is 4.79 Å². The van der Waals surface area contributed by atoms with Crippen LogP contribution in [0.1, 0.15) is 6.92 Å². The molecule has 7 nitrogen and oxygen atoms in total. The Bertz CT molecular complexity index is 448. The molecule has 2 rings (SSSR count). The first-order valence-corrected chi connectivity index (χ1v) is 5.09. The Morgan fingerprint density at radius 3 is 2.71 bits per heavy atom. The third kappa shape index (κ3) is 2.34.